The molecular weight excluding hydrogens is 1110 g/mol. The number of nitrogens with two attached hydrogens (primary N) is 1. The zero-order valence-corrected chi connectivity index (χ0v) is 48.2. The highest BCUT2D eigenvalue weighted by atomic mass is 32.1. The van der Waals surface area contributed by atoms with Crippen LogP contribution in [0.5, 0.6) is 0 Å². The van der Waals surface area contributed by atoms with Gasteiger partial charge in [-0.2, -0.15) is 0 Å². The number of aliphatic carboxylic acids is 2. The number of thiophene rings is 3. The summed E-state index contributed by atoms with van der Waals surface area (Å²) >= 11 is 4.09. The number of hydrogen-bond acceptors (Lipinski definition) is 14. The molecule has 3 aromatic heterocycles. The number of carbonyl (C=O) groups is 11. The Morgan fingerprint density at radius 3 is 1.33 bits per heavy atom. The topological polar surface area (TPSA) is 350 Å². The first-order valence-electron chi connectivity index (χ1n) is 26.5. The molecule has 0 aliphatic carbocycles. The van der Waals surface area contributed by atoms with Crippen molar-refractivity contribution in [2.75, 3.05) is 6.54 Å². The molecule has 436 valence electrons. The number of benzene rings is 3. The van der Waals surface area contributed by atoms with Crippen LogP contribution in [-0.2, 0) is 72.0 Å². The molecule has 0 spiro atoms. The van der Waals surface area contributed by atoms with Gasteiger partial charge >= 0.3 is 11.9 Å². The molecule has 0 radical (unpaired) electrons. The van der Waals surface area contributed by atoms with Crippen molar-refractivity contribution in [3.8, 4) is 0 Å². The molecule has 12 N–H and O–H groups in total. The number of carbonyl (C=O) groups excluding carboxylic acids is 9. The van der Waals surface area contributed by atoms with Gasteiger partial charge in [0.25, 0.3) is 0 Å². The van der Waals surface area contributed by atoms with Gasteiger partial charge in [-0.15, -0.1) is 34.0 Å². The molecule has 0 saturated carbocycles. The number of amides is 9. The van der Waals surface area contributed by atoms with E-state index in [1.54, 1.807) is 32.9 Å². The van der Waals surface area contributed by atoms with E-state index in [-0.39, 0.29) is 25.2 Å². The highest BCUT2D eigenvalue weighted by molar-refractivity contribution is 7.19. The van der Waals surface area contributed by atoms with Crippen molar-refractivity contribution in [2.45, 2.75) is 122 Å². The van der Waals surface area contributed by atoms with Crippen LogP contribution in [-0.4, -0.2) is 124 Å². The normalized spacial score (nSPS) is 14.2. The van der Waals surface area contributed by atoms with Crippen LogP contribution in [0.25, 0.3) is 30.3 Å². The van der Waals surface area contributed by atoms with Gasteiger partial charge in [-0.3, -0.25) is 52.7 Å². The number of hydrogen-bond donors (Lipinski definition) is 11. The number of rotatable bonds is 30. The van der Waals surface area contributed by atoms with Crippen molar-refractivity contribution >= 4 is 129 Å². The minimum atomic E-state index is -1.92. The van der Waals surface area contributed by atoms with E-state index >= 15 is 0 Å². The summed E-state index contributed by atoms with van der Waals surface area (Å²) in [7, 11) is 0. The third-order valence-corrected chi connectivity index (χ3v) is 16.8. The highest BCUT2D eigenvalue weighted by Gasteiger charge is 2.36. The molecule has 0 aliphatic rings. The summed E-state index contributed by atoms with van der Waals surface area (Å²) in [6, 6.07) is 17.9. The predicted molar refractivity (Wildman–Crippen MR) is 311 cm³/mol. The van der Waals surface area contributed by atoms with Crippen molar-refractivity contribution in [1.29, 1.82) is 0 Å². The first-order valence-corrected chi connectivity index (χ1v) is 28.9. The number of fused-ring (bicyclic) bond motifs is 3. The second-order valence-corrected chi connectivity index (χ2v) is 23.7. The van der Waals surface area contributed by atoms with Crippen LogP contribution in [0.3, 0.4) is 0 Å². The molecule has 3 heterocycles. The fraction of sp³-hybridized carbons (Fsp3) is 0.386. The molecule has 25 heteroatoms. The van der Waals surface area contributed by atoms with Crippen molar-refractivity contribution in [3.63, 3.8) is 0 Å². The van der Waals surface area contributed by atoms with Gasteiger partial charge in [-0.25, -0.2) is 0 Å². The number of primary amides is 1. The van der Waals surface area contributed by atoms with Crippen molar-refractivity contribution in [3.05, 3.63) is 106 Å². The Hall–Kier alpha value is -8.29. The Bertz CT molecular complexity index is 3240. The highest BCUT2D eigenvalue weighted by Crippen LogP contribution is 2.29. The second-order valence-electron chi connectivity index (χ2n) is 20.2. The molecule has 0 aliphatic heterocycles. The molecule has 9 amide bonds. The van der Waals surface area contributed by atoms with Gasteiger partial charge in [0.05, 0.1) is 13.0 Å². The smallest absolute Gasteiger partial charge is 0.305 e. The maximum Gasteiger partial charge on any atom is 0.305 e. The molecule has 82 heavy (non-hydrogen) atoms. The van der Waals surface area contributed by atoms with Gasteiger partial charge in [-0.05, 0) is 70.8 Å². The van der Waals surface area contributed by atoms with E-state index in [2.05, 4.69) is 42.5 Å². The molecular formula is C57H67N9O13S3. The zero-order chi connectivity index (χ0) is 59.8. The molecule has 22 nitrogen and oxygen atoms in total. The van der Waals surface area contributed by atoms with Gasteiger partial charge in [-0.1, -0.05) is 88.7 Å². The van der Waals surface area contributed by atoms with Crippen LogP contribution in [0.1, 0.15) is 74.9 Å². The summed E-state index contributed by atoms with van der Waals surface area (Å²) < 4.78 is 2.70. The monoisotopic (exact) mass is 1180 g/mol. The minimum Gasteiger partial charge on any atom is -0.481 e. The van der Waals surface area contributed by atoms with Crippen LogP contribution in [0.2, 0.25) is 0 Å². The lowest BCUT2D eigenvalue weighted by Gasteiger charge is -2.27. The Labute approximate surface area is 484 Å². The molecule has 6 aromatic rings. The van der Waals surface area contributed by atoms with Crippen LogP contribution in [0.15, 0.2) is 91.0 Å². The Morgan fingerprint density at radius 1 is 0.500 bits per heavy atom. The van der Waals surface area contributed by atoms with E-state index in [1.807, 2.05) is 85.8 Å². The molecule has 0 bridgehead atoms. The quantitative estimate of drug-likeness (QED) is 0.0308. The summed E-state index contributed by atoms with van der Waals surface area (Å²) in [6.07, 6.45) is -1.86. The third kappa shape index (κ3) is 18.1. The molecule has 0 fully saturated rings. The number of carboxylic acid groups (broad SMARTS) is 2. The number of carboxylic acids is 2. The summed E-state index contributed by atoms with van der Waals surface area (Å²) in [6.45, 7) is 7.34. The maximum absolute atomic E-state index is 14.5. The second kappa shape index (κ2) is 29.4. The predicted octanol–water partition coefficient (Wildman–Crippen LogP) is 3.42. The van der Waals surface area contributed by atoms with Crippen LogP contribution >= 0.6 is 34.0 Å². The van der Waals surface area contributed by atoms with Gasteiger partial charge < -0.3 is 58.5 Å². The average molecular weight is 1180 g/mol. The van der Waals surface area contributed by atoms with E-state index < -0.39 is 139 Å². The first kappa shape index (κ1) is 62.9. The third-order valence-electron chi connectivity index (χ3n) is 13.4. The van der Waals surface area contributed by atoms with E-state index in [0.717, 1.165) is 35.1 Å². The molecule has 6 rings (SSSR count). The van der Waals surface area contributed by atoms with E-state index in [9.17, 15) is 63.0 Å². The lowest BCUT2D eigenvalue weighted by atomic mass is 9.98. The SMILES string of the molecule is CC[C@H](C)[C@H](NC(=O)[C@H](Cc1cc2ccccc2s1)NC(=O)CNC(=O)[C@@H](NC(=O)[C@H](Cc1cc2ccccc2s1)NC(=O)[C@H](CC(=O)O)NC(=O)[C@H](CCC(=O)O)NC(=O)[C@H](Cc1cc2ccccc2s1)NC(C)=O)C(C)C)C(N)=O. The van der Waals surface area contributed by atoms with Crippen LogP contribution in [0.4, 0.5) is 0 Å². The molecule has 0 unspecified atom stereocenters. The lowest BCUT2D eigenvalue weighted by Crippen LogP contribution is -2.60. The summed E-state index contributed by atoms with van der Waals surface area (Å²) in [5, 5.41) is 42.6. The Balaban J connectivity index is 1.18. The van der Waals surface area contributed by atoms with Crippen LogP contribution in [0, 0.1) is 11.8 Å². The minimum absolute atomic E-state index is 0.00523. The maximum atomic E-state index is 14.5. The fourth-order valence-corrected chi connectivity index (χ4v) is 12.3. The molecule has 3 aromatic carbocycles. The van der Waals surface area contributed by atoms with Gasteiger partial charge in [0, 0.05) is 61.3 Å². The molecule has 8 atom stereocenters. The molecule has 0 saturated heterocycles. The summed E-state index contributed by atoms with van der Waals surface area (Å²) in [5.41, 5.74) is 5.65. The van der Waals surface area contributed by atoms with Gasteiger partial charge in [0.2, 0.25) is 53.2 Å². The first-order chi connectivity index (χ1) is 39.0. The Kier molecular flexibility index (Phi) is 22.6. The van der Waals surface area contributed by atoms with E-state index in [4.69, 9.17) is 5.73 Å². The van der Waals surface area contributed by atoms with Gasteiger partial charge in [0.15, 0.2) is 0 Å². The lowest BCUT2D eigenvalue weighted by molar-refractivity contribution is -0.141. The Morgan fingerprint density at radius 2 is 0.902 bits per heavy atom. The number of nitrogens with one attached hydrogen (secondary N) is 8. The van der Waals surface area contributed by atoms with Gasteiger partial charge in [0.1, 0.15) is 42.3 Å². The average Bonchev–Trinajstić information content (AvgIpc) is 4.20. The van der Waals surface area contributed by atoms with Crippen molar-refractivity contribution in [2.24, 2.45) is 17.6 Å². The summed E-state index contributed by atoms with van der Waals surface area (Å²) in [5.74, 6) is -11.6. The fourth-order valence-electron chi connectivity index (χ4n) is 8.92. The van der Waals surface area contributed by atoms with E-state index in [0.29, 0.717) is 16.2 Å². The van der Waals surface area contributed by atoms with Crippen LogP contribution < -0.4 is 48.3 Å². The van der Waals surface area contributed by atoms with Crippen molar-refractivity contribution in [1.82, 2.24) is 42.5 Å². The zero-order valence-electron chi connectivity index (χ0n) is 45.7. The summed E-state index contributed by atoms with van der Waals surface area (Å²) in [4.78, 5) is 149. The largest absolute Gasteiger partial charge is 0.481 e. The van der Waals surface area contributed by atoms with Crippen molar-refractivity contribution < 1.29 is 63.0 Å². The van der Waals surface area contributed by atoms with E-state index in [1.165, 1.54) is 40.9 Å². The standard InChI is InChI=1S/C57H67N9O13S3/c1-6-30(4)50(51(58)73)66-55(77)40(25-36-22-33-14-8-11-17-44(33)81-36)61-46(68)28-59-57(79)49(29(2)3)65-56(78)41(26-37-23-34-15-9-12-18-45(34)82-37)63-54(76)42(27-48(71)72)64-52(74)38(19-20-47(69)70)62-53(75)39(60-31(5)67)24-35-21-32-13-7-10-16-43(32)80-35/h7-18,21-23,29-30,38-42,49-50H,6,19-20,24-28H2,1-5H3,(H2,58,73)(H,59,79)(H,60,67)(H,61,68)(H,62,75)(H,63,76)(H,64,74)(H,65,78)(H,66,77)(H,69,70)(H,71,72)/t30-,38-,39-,40-,41-,42-,49-,50-/m0/s1.